The number of hydrogen-bond acceptors (Lipinski definition) is 6. The molecule has 1 unspecified atom stereocenters. The van der Waals surface area contributed by atoms with Crippen LogP contribution in [0.25, 0.3) is 0 Å². The number of carbonyl (C=O) groups is 1. The molecule has 134 valence electrons. The molecule has 1 atom stereocenters. The van der Waals surface area contributed by atoms with Crippen LogP contribution in [-0.2, 0) is 16.0 Å². The van der Waals surface area contributed by atoms with Crippen molar-refractivity contribution >= 4 is 11.7 Å². The number of nitrogens with zero attached hydrogens (tertiary/aromatic N) is 4. The highest BCUT2D eigenvalue weighted by Gasteiger charge is 2.22. The maximum absolute atomic E-state index is 11.9. The van der Waals surface area contributed by atoms with Crippen LogP contribution >= 0.6 is 0 Å². The van der Waals surface area contributed by atoms with E-state index in [1.54, 1.807) is 12.0 Å². The highest BCUT2D eigenvalue weighted by molar-refractivity contribution is 5.77. The van der Waals surface area contributed by atoms with Crippen LogP contribution in [0.5, 0.6) is 0 Å². The number of nitrogens with one attached hydrogen (secondary N) is 1. The molecule has 7 heteroatoms. The Bertz CT molecular complexity index is 506. The lowest BCUT2D eigenvalue weighted by molar-refractivity contribution is -0.130. The summed E-state index contributed by atoms with van der Waals surface area (Å²) in [5.41, 5.74) is 1.01. The largest absolute Gasteiger partial charge is 0.383 e. The predicted molar refractivity (Wildman–Crippen MR) is 94.0 cm³/mol. The maximum Gasteiger partial charge on any atom is 0.236 e. The van der Waals surface area contributed by atoms with Gasteiger partial charge < -0.3 is 15.0 Å². The number of rotatable bonds is 8. The molecule has 0 saturated carbocycles. The first-order valence-electron chi connectivity index (χ1n) is 8.56. The fourth-order valence-electron chi connectivity index (χ4n) is 2.93. The molecule has 1 fully saturated rings. The van der Waals surface area contributed by atoms with Crippen LogP contribution in [0, 0.1) is 5.92 Å². The van der Waals surface area contributed by atoms with Crippen molar-refractivity contribution in [2.75, 3.05) is 59.3 Å². The summed E-state index contributed by atoms with van der Waals surface area (Å²) < 4.78 is 5.00. The van der Waals surface area contributed by atoms with Gasteiger partial charge in [-0.1, -0.05) is 0 Å². The van der Waals surface area contributed by atoms with Crippen LogP contribution in [-0.4, -0.2) is 79.9 Å². The van der Waals surface area contributed by atoms with Gasteiger partial charge in [-0.25, -0.2) is 0 Å². The van der Waals surface area contributed by atoms with Crippen molar-refractivity contribution in [3.8, 4) is 0 Å². The van der Waals surface area contributed by atoms with Gasteiger partial charge in [-0.2, -0.15) is 5.10 Å². The second-order valence-corrected chi connectivity index (χ2v) is 6.57. The van der Waals surface area contributed by atoms with E-state index < -0.39 is 0 Å². The third-order valence-electron chi connectivity index (χ3n) is 4.29. The molecule has 1 amide bonds. The van der Waals surface area contributed by atoms with E-state index in [0.717, 1.165) is 44.0 Å². The van der Waals surface area contributed by atoms with Crippen molar-refractivity contribution in [3.63, 3.8) is 0 Å². The van der Waals surface area contributed by atoms with Crippen LogP contribution < -0.4 is 5.32 Å². The Kier molecular flexibility index (Phi) is 7.39. The summed E-state index contributed by atoms with van der Waals surface area (Å²) in [6, 6.07) is 4.00. The smallest absolute Gasteiger partial charge is 0.236 e. The van der Waals surface area contributed by atoms with E-state index in [-0.39, 0.29) is 5.91 Å². The standard InChI is InChI=1S/C17H29N5O2/c1-21(2)17(23)13-22-9-4-5-14(12-22)11-15-6-7-16(20-19-15)18-8-10-24-3/h6-7,14H,4-5,8-13H2,1-3H3,(H,18,20). The van der Waals surface area contributed by atoms with Crippen LogP contribution in [0.4, 0.5) is 5.82 Å². The Labute approximate surface area is 144 Å². The Balaban J connectivity index is 1.81. The molecule has 1 aromatic rings. The molecular weight excluding hydrogens is 306 g/mol. The topological polar surface area (TPSA) is 70.6 Å². The molecule has 0 aliphatic carbocycles. The second-order valence-electron chi connectivity index (χ2n) is 6.57. The van der Waals surface area contributed by atoms with Gasteiger partial charge in [-0.3, -0.25) is 9.69 Å². The number of likely N-dealkylation sites (N-methyl/N-ethyl adjacent to an activating group) is 1. The van der Waals surface area contributed by atoms with Crippen molar-refractivity contribution < 1.29 is 9.53 Å². The number of amides is 1. The lowest BCUT2D eigenvalue weighted by Crippen LogP contribution is -2.42. The first-order valence-corrected chi connectivity index (χ1v) is 8.56. The monoisotopic (exact) mass is 335 g/mol. The lowest BCUT2D eigenvalue weighted by Gasteiger charge is -2.32. The van der Waals surface area contributed by atoms with Crippen molar-refractivity contribution in [2.45, 2.75) is 19.3 Å². The Morgan fingerprint density at radius 3 is 2.92 bits per heavy atom. The zero-order valence-corrected chi connectivity index (χ0v) is 15.0. The molecule has 0 radical (unpaired) electrons. The lowest BCUT2D eigenvalue weighted by atomic mass is 9.93. The molecule has 0 spiro atoms. The van der Waals surface area contributed by atoms with Gasteiger partial charge in [0.2, 0.25) is 5.91 Å². The molecule has 7 nitrogen and oxygen atoms in total. The number of ether oxygens (including phenoxy) is 1. The molecule has 1 aromatic heterocycles. The van der Waals surface area contributed by atoms with Crippen molar-refractivity contribution in [2.24, 2.45) is 5.92 Å². The predicted octanol–water partition coefficient (Wildman–Crippen LogP) is 0.878. The van der Waals surface area contributed by atoms with Gasteiger partial charge in [0.15, 0.2) is 0 Å². The minimum absolute atomic E-state index is 0.168. The SMILES string of the molecule is COCCNc1ccc(CC2CCCN(CC(=O)N(C)C)C2)nn1. The Morgan fingerprint density at radius 1 is 1.42 bits per heavy atom. The summed E-state index contributed by atoms with van der Waals surface area (Å²) in [4.78, 5) is 15.8. The third-order valence-corrected chi connectivity index (χ3v) is 4.29. The first-order chi connectivity index (χ1) is 11.6. The van der Waals surface area contributed by atoms with E-state index in [4.69, 9.17) is 4.74 Å². The number of hydrogen-bond donors (Lipinski definition) is 1. The molecule has 1 aliphatic rings. The number of likely N-dealkylation sites (tertiary alicyclic amines) is 1. The molecule has 0 aromatic carbocycles. The van der Waals surface area contributed by atoms with Crippen molar-refractivity contribution in [1.29, 1.82) is 0 Å². The normalized spacial score (nSPS) is 18.4. The summed E-state index contributed by atoms with van der Waals surface area (Å²) >= 11 is 0. The molecule has 1 saturated heterocycles. The molecule has 1 aliphatic heterocycles. The van der Waals surface area contributed by atoms with Gasteiger partial charge >= 0.3 is 0 Å². The van der Waals surface area contributed by atoms with Gasteiger partial charge in [0.05, 0.1) is 18.8 Å². The van der Waals surface area contributed by atoms with E-state index in [9.17, 15) is 4.79 Å². The number of piperidine rings is 1. The van der Waals surface area contributed by atoms with E-state index in [2.05, 4.69) is 20.4 Å². The molecule has 2 heterocycles. The van der Waals surface area contributed by atoms with Crippen LogP contribution in [0.2, 0.25) is 0 Å². The van der Waals surface area contributed by atoms with Crippen molar-refractivity contribution in [3.05, 3.63) is 17.8 Å². The average molecular weight is 335 g/mol. The fourth-order valence-corrected chi connectivity index (χ4v) is 2.93. The fraction of sp³-hybridized carbons (Fsp3) is 0.706. The van der Waals surface area contributed by atoms with Crippen LogP contribution in [0.3, 0.4) is 0 Å². The number of aromatic nitrogens is 2. The number of methoxy groups -OCH3 is 1. The minimum Gasteiger partial charge on any atom is -0.383 e. The van der Waals surface area contributed by atoms with Gasteiger partial charge in [-0.05, 0) is 43.9 Å². The van der Waals surface area contributed by atoms with Gasteiger partial charge in [-0.15, -0.1) is 5.10 Å². The first kappa shape index (κ1) is 18.6. The van der Waals surface area contributed by atoms with E-state index in [1.807, 2.05) is 26.2 Å². The Morgan fingerprint density at radius 2 is 2.25 bits per heavy atom. The third kappa shape index (κ3) is 6.05. The Hall–Kier alpha value is -1.73. The summed E-state index contributed by atoms with van der Waals surface area (Å²) in [7, 11) is 5.29. The van der Waals surface area contributed by atoms with Gasteiger partial charge in [0, 0.05) is 34.3 Å². The minimum atomic E-state index is 0.168. The van der Waals surface area contributed by atoms with E-state index in [1.165, 1.54) is 6.42 Å². The zero-order chi connectivity index (χ0) is 17.4. The van der Waals surface area contributed by atoms with E-state index in [0.29, 0.717) is 19.1 Å². The summed E-state index contributed by atoms with van der Waals surface area (Å²) in [5.74, 6) is 1.48. The molecule has 0 bridgehead atoms. The zero-order valence-electron chi connectivity index (χ0n) is 15.0. The summed E-state index contributed by atoms with van der Waals surface area (Å²) in [5, 5.41) is 11.7. The highest BCUT2D eigenvalue weighted by Crippen LogP contribution is 2.20. The molecule has 24 heavy (non-hydrogen) atoms. The number of anilines is 1. The van der Waals surface area contributed by atoms with Crippen LogP contribution in [0.1, 0.15) is 18.5 Å². The summed E-state index contributed by atoms with van der Waals surface area (Å²) in [6.07, 6.45) is 3.23. The molecule has 1 N–H and O–H groups in total. The van der Waals surface area contributed by atoms with Crippen LogP contribution in [0.15, 0.2) is 12.1 Å². The number of carbonyl (C=O) groups excluding carboxylic acids is 1. The second kappa shape index (κ2) is 9.54. The average Bonchev–Trinajstić information content (AvgIpc) is 2.57. The molecule has 2 rings (SSSR count). The quantitative estimate of drug-likeness (QED) is 0.711. The highest BCUT2D eigenvalue weighted by atomic mass is 16.5. The maximum atomic E-state index is 11.9. The summed E-state index contributed by atoms with van der Waals surface area (Å²) in [6.45, 7) is 3.84. The van der Waals surface area contributed by atoms with Crippen molar-refractivity contribution in [1.82, 2.24) is 20.0 Å². The van der Waals surface area contributed by atoms with E-state index >= 15 is 0 Å². The molecular formula is C17H29N5O2. The van der Waals surface area contributed by atoms with Gasteiger partial charge in [0.1, 0.15) is 5.82 Å². The van der Waals surface area contributed by atoms with Gasteiger partial charge in [0.25, 0.3) is 0 Å².